The van der Waals surface area contributed by atoms with Crippen LogP contribution in [0.3, 0.4) is 0 Å². The van der Waals surface area contributed by atoms with Gasteiger partial charge in [0.1, 0.15) is 5.41 Å². The van der Waals surface area contributed by atoms with Crippen molar-refractivity contribution in [3.8, 4) is 0 Å². The van der Waals surface area contributed by atoms with Gasteiger partial charge >= 0.3 is 5.97 Å². The maximum absolute atomic E-state index is 12.7. The van der Waals surface area contributed by atoms with Crippen molar-refractivity contribution in [2.45, 2.75) is 27.2 Å². The fraction of sp³-hybridized carbons (Fsp3) is 0.333. The van der Waals surface area contributed by atoms with E-state index in [0.717, 1.165) is 0 Å². The van der Waals surface area contributed by atoms with E-state index < -0.39 is 11.4 Å². The number of rotatable bonds is 7. The smallest absolute Gasteiger partial charge is 0.320 e. The van der Waals surface area contributed by atoms with Gasteiger partial charge in [0.05, 0.1) is 6.61 Å². The van der Waals surface area contributed by atoms with Crippen LogP contribution in [0.5, 0.6) is 0 Å². The highest BCUT2D eigenvalue weighted by atomic mass is 16.5. The lowest BCUT2D eigenvalue weighted by molar-refractivity contribution is -0.151. The summed E-state index contributed by atoms with van der Waals surface area (Å²) >= 11 is 0. The Morgan fingerprint density at radius 1 is 1.19 bits per heavy atom. The standard InChI is InChI=1S/C18H22O3/c1-4-6-7-11-14-18(3,17(20)21-5-2)16(19)15-12-9-8-10-13-15/h4,6-13H,5,14H2,1-3H3/b6-4+,11-7+/t18-/m1/s1. The van der Waals surface area contributed by atoms with Crippen molar-refractivity contribution in [1.29, 1.82) is 0 Å². The van der Waals surface area contributed by atoms with E-state index in [-0.39, 0.29) is 12.4 Å². The molecule has 1 aromatic carbocycles. The summed E-state index contributed by atoms with van der Waals surface area (Å²) in [5.41, 5.74) is -0.678. The highest BCUT2D eigenvalue weighted by Crippen LogP contribution is 2.29. The fourth-order valence-corrected chi connectivity index (χ4v) is 1.96. The third-order valence-corrected chi connectivity index (χ3v) is 3.23. The number of hydrogen-bond donors (Lipinski definition) is 0. The first kappa shape index (κ1) is 16.9. The summed E-state index contributed by atoms with van der Waals surface area (Å²) in [6.45, 7) is 5.54. The molecular weight excluding hydrogens is 264 g/mol. The summed E-state index contributed by atoms with van der Waals surface area (Å²) in [4.78, 5) is 24.9. The minimum Gasteiger partial charge on any atom is -0.465 e. The van der Waals surface area contributed by atoms with Crippen molar-refractivity contribution in [3.05, 3.63) is 60.2 Å². The van der Waals surface area contributed by atoms with Crippen LogP contribution in [0.1, 0.15) is 37.6 Å². The van der Waals surface area contributed by atoms with Crippen LogP contribution in [0.15, 0.2) is 54.6 Å². The lowest BCUT2D eigenvalue weighted by Crippen LogP contribution is -2.37. The molecule has 0 saturated carbocycles. The van der Waals surface area contributed by atoms with E-state index in [2.05, 4.69) is 0 Å². The zero-order valence-corrected chi connectivity index (χ0v) is 12.8. The van der Waals surface area contributed by atoms with Crippen LogP contribution < -0.4 is 0 Å². The van der Waals surface area contributed by atoms with E-state index in [9.17, 15) is 9.59 Å². The Balaban J connectivity index is 3.06. The number of hydrogen-bond acceptors (Lipinski definition) is 3. The summed E-state index contributed by atoms with van der Waals surface area (Å²) in [6, 6.07) is 8.85. The molecule has 0 N–H and O–H groups in total. The van der Waals surface area contributed by atoms with E-state index >= 15 is 0 Å². The van der Waals surface area contributed by atoms with Crippen LogP contribution >= 0.6 is 0 Å². The summed E-state index contributed by atoms with van der Waals surface area (Å²) in [5, 5.41) is 0. The highest BCUT2D eigenvalue weighted by Gasteiger charge is 2.41. The molecule has 0 unspecified atom stereocenters. The van der Waals surface area contributed by atoms with Gasteiger partial charge in [0.25, 0.3) is 0 Å². The largest absolute Gasteiger partial charge is 0.465 e. The molecule has 0 fully saturated rings. The number of allylic oxidation sites excluding steroid dienone is 4. The maximum atomic E-state index is 12.7. The Labute approximate surface area is 126 Å². The number of carbonyl (C=O) groups is 2. The fourth-order valence-electron chi connectivity index (χ4n) is 1.96. The van der Waals surface area contributed by atoms with Gasteiger partial charge in [-0.2, -0.15) is 0 Å². The van der Waals surface area contributed by atoms with Crippen LogP contribution in [0.25, 0.3) is 0 Å². The zero-order valence-electron chi connectivity index (χ0n) is 12.8. The van der Waals surface area contributed by atoms with Gasteiger partial charge in [0, 0.05) is 5.56 Å². The number of carbonyl (C=O) groups excluding carboxylic acids is 2. The predicted molar refractivity (Wildman–Crippen MR) is 84.1 cm³/mol. The number of ether oxygens (including phenoxy) is 1. The van der Waals surface area contributed by atoms with Gasteiger partial charge in [0.15, 0.2) is 5.78 Å². The molecule has 0 aliphatic carbocycles. The number of ketones is 1. The average Bonchev–Trinajstić information content (AvgIpc) is 2.51. The maximum Gasteiger partial charge on any atom is 0.320 e. The topological polar surface area (TPSA) is 43.4 Å². The summed E-state index contributed by atoms with van der Waals surface area (Å²) in [7, 11) is 0. The first-order valence-corrected chi connectivity index (χ1v) is 7.11. The molecule has 0 radical (unpaired) electrons. The molecule has 0 spiro atoms. The molecule has 0 bridgehead atoms. The van der Waals surface area contributed by atoms with Gasteiger partial charge < -0.3 is 4.74 Å². The molecule has 1 rings (SSSR count). The quantitative estimate of drug-likeness (QED) is 0.330. The van der Waals surface area contributed by atoms with E-state index in [0.29, 0.717) is 12.0 Å². The van der Waals surface area contributed by atoms with E-state index in [1.165, 1.54) is 0 Å². The molecule has 1 aromatic rings. The number of Topliss-reactive ketones (excluding diaryl/α,β-unsaturated/α-hetero) is 1. The Morgan fingerprint density at radius 3 is 2.43 bits per heavy atom. The first-order valence-electron chi connectivity index (χ1n) is 7.11. The van der Waals surface area contributed by atoms with Crippen molar-refractivity contribution < 1.29 is 14.3 Å². The van der Waals surface area contributed by atoms with Crippen molar-refractivity contribution in [1.82, 2.24) is 0 Å². The van der Waals surface area contributed by atoms with Crippen molar-refractivity contribution in [3.63, 3.8) is 0 Å². The summed E-state index contributed by atoms with van der Waals surface area (Å²) in [5.74, 6) is -0.698. The summed E-state index contributed by atoms with van der Waals surface area (Å²) in [6.07, 6.45) is 7.70. The SMILES string of the molecule is C/C=C/C=C/C[C@@](C)(C(=O)OCC)C(=O)c1ccccc1. The van der Waals surface area contributed by atoms with Crippen LogP contribution in [0.4, 0.5) is 0 Å². The predicted octanol–water partition coefficient (Wildman–Crippen LogP) is 3.96. The van der Waals surface area contributed by atoms with Gasteiger partial charge in [-0.15, -0.1) is 0 Å². The molecule has 0 aliphatic heterocycles. The third kappa shape index (κ3) is 4.42. The van der Waals surface area contributed by atoms with Crippen LogP contribution in [-0.4, -0.2) is 18.4 Å². The lowest BCUT2D eigenvalue weighted by atomic mass is 9.79. The molecule has 3 nitrogen and oxygen atoms in total. The van der Waals surface area contributed by atoms with Gasteiger partial charge in [-0.1, -0.05) is 54.6 Å². The second kappa shape index (κ2) is 8.20. The van der Waals surface area contributed by atoms with E-state index in [1.807, 2.05) is 37.3 Å². The lowest BCUT2D eigenvalue weighted by Gasteiger charge is -2.24. The van der Waals surface area contributed by atoms with Crippen LogP contribution in [-0.2, 0) is 9.53 Å². The van der Waals surface area contributed by atoms with Crippen molar-refractivity contribution in [2.24, 2.45) is 5.41 Å². The number of benzene rings is 1. The van der Waals surface area contributed by atoms with Gasteiger partial charge in [-0.3, -0.25) is 9.59 Å². The molecule has 0 amide bonds. The van der Waals surface area contributed by atoms with Crippen molar-refractivity contribution in [2.75, 3.05) is 6.61 Å². The van der Waals surface area contributed by atoms with Crippen LogP contribution in [0.2, 0.25) is 0 Å². The van der Waals surface area contributed by atoms with Crippen molar-refractivity contribution >= 4 is 11.8 Å². The van der Waals surface area contributed by atoms with Gasteiger partial charge in [-0.05, 0) is 27.2 Å². The Kier molecular flexibility index (Phi) is 6.60. The normalized spacial score (nSPS) is 14.2. The number of esters is 1. The van der Waals surface area contributed by atoms with Gasteiger partial charge in [0.2, 0.25) is 0 Å². The third-order valence-electron chi connectivity index (χ3n) is 3.23. The minimum atomic E-state index is -1.20. The molecule has 0 saturated heterocycles. The summed E-state index contributed by atoms with van der Waals surface area (Å²) < 4.78 is 5.10. The van der Waals surface area contributed by atoms with Crippen LogP contribution in [0, 0.1) is 5.41 Å². The minimum absolute atomic E-state index is 0.216. The monoisotopic (exact) mass is 286 g/mol. The Morgan fingerprint density at radius 2 is 1.86 bits per heavy atom. The van der Waals surface area contributed by atoms with E-state index in [4.69, 9.17) is 4.74 Å². The molecule has 0 aromatic heterocycles. The molecule has 112 valence electrons. The molecule has 0 aliphatic rings. The second-order valence-electron chi connectivity index (χ2n) is 4.91. The van der Waals surface area contributed by atoms with E-state index in [1.54, 1.807) is 38.1 Å². The Bertz CT molecular complexity index is 529. The average molecular weight is 286 g/mol. The second-order valence-corrected chi connectivity index (χ2v) is 4.91. The molecule has 0 heterocycles. The zero-order chi connectivity index (χ0) is 15.7. The molecule has 3 heteroatoms. The molecular formula is C18H22O3. The Hall–Kier alpha value is -2.16. The highest BCUT2D eigenvalue weighted by molar-refractivity contribution is 6.12. The molecule has 1 atom stereocenters. The van der Waals surface area contributed by atoms with Gasteiger partial charge in [-0.25, -0.2) is 0 Å². The first-order chi connectivity index (χ1) is 10.1. The molecule has 21 heavy (non-hydrogen) atoms.